The van der Waals surface area contributed by atoms with E-state index in [1.807, 2.05) is 5.20 Å². The molecule has 0 amide bonds. The average Bonchev–Trinajstić information content (AvgIpc) is 2.81. The van der Waals surface area contributed by atoms with Gasteiger partial charge in [0.05, 0.1) is 0 Å². The Balaban J connectivity index is 3.26. The number of benzene rings is 1. The van der Waals surface area contributed by atoms with Crippen molar-refractivity contribution in [2.24, 2.45) is 0 Å². The van der Waals surface area contributed by atoms with Gasteiger partial charge in [0.15, 0.2) is 0 Å². The fourth-order valence-electron chi connectivity index (χ4n) is 5.25. The molecule has 0 saturated heterocycles. The molecule has 0 aromatic heterocycles. The molecule has 0 saturated carbocycles. The summed E-state index contributed by atoms with van der Waals surface area (Å²) in [6, 6.07) is 11.6. The van der Waals surface area contributed by atoms with Crippen molar-refractivity contribution in [3.8, 4) is 0 Å². The van der Waals surface area contributed by atoms with Crippen molar-refractivity contribution < 1.29 is 0 Å². The molecule has 0 bridgehead atoms. The minimum atomic E-state index is -2.30. The van der Waals surface area contributed by atoms with Crippen molar-refractivity contribution in [1.29, 1.82) is 0 Å². The summed E-state index contributed by atoms with van der Waals surface area (Å²) >= 11 is -2.30. The monoisotopic (exact) mass is 564 g/mol. The Bertz CT molecular complexity index is 583. The summed E-state index contributed by atoms with van der Waals surface area (Å²) < 4.78 is 7.92. The topological polar surface area (TPSA) is 0 Å². The second-order valence-corrected chi connectivity index (χ2v) is 28.2. The third-order valence-electron chi connectivity index (χ3n) is 7.66. The van der Waals surface area contributed by atoms with Gasteiger partial charge in [-0.1, -0.05) is 0 Å². The first-order chi connectivity index (χ1) is 15.5. The predicted octanol–water partition coefficient (Wildman–Crippen LogP) is 10.2. The van der Waals surface area contributed by atoms with Crippen LogP contribution in [-0.4, -0.2) is 26.5 Å². The number of unbranched alkanes of at least 4 members (excludes halogenated alkanes) is 8. The zero-order valence-corrected chi connectivity index (χ0v) is 26.6. The van der Waals surface area contributed by atoms with Crippen LogP contribution in [0.3, 0.4) is 0 Å². The standard InChI is InChI=1S/C18H29Si.3C4H9.Sn/c1-5-6-7-8-9-11-14-17(2)19(3,4)18-15-12-10-13-16-18;3*1-3-4-2;/h2,10,12-13,15-16H,5-9,11,14H2,1,3-4H3;3*1,3-4H2,2H3;. The van der Waals surface area contributed by atoms with Crippen molar-refractivity contribution in [2.45, 2.75) is 138 Å². The van der Waals surface area contributed by atoms with Crippen molar-refractivity contribution >= 4 is 31.6 Å². The molecule has 0 aliphatic heterocycles. The number of hydrogen-bond donors (Lipinski definition) is 0. The van der Waals surface area contributed by atoms with Crippen molar-refractivity contribution in [1.82, 2.24) is 0 Å². The van der Waals surface area contributed by atoms with E-state index in [2.05, 4.69) is 75.2 Å². The van der Waals surface area contributed by atoms with E-state index < -0.39 is 26.5 Å². The number of rotatable bonds is 19. The Kier molecular flexibility index (Phi) is 16.3. The Labute approximate surface area is 207 Å². The van der Waals surface area contributed by atoms with E-state index in [0.29, 0.717) is 0 Å². The predicted molar refractivity (Wildman–Crippen MR) is 155 cm³/mol. The van der Waals surface area contributed by atoms with Gasteiger partial charge >= 0.3 is 209 Å². The molecule has 0 radical (unpaired) electrons. The SMILES string of the molecule is CCCCCCCC/C(=[CH]/[Sn]([CH2]CCC)([CH2]CCC)[CH2]CCC)[Si](C)(C)c1ccccc1. The van der Waals surface area contributed by atoms with E-state index in [1.54, 1.807) is 18.5 Å². The summed E-state index contributed by atoms with van der Waals surface area (Å²) in [5, 5.41) is 3.59. The Hall–Kier alpha value is -0.0244. The molecule has 0 aliphatic carbocycles. The molecule has 184 valence electrons. The molecular formula is C30H56SiSn. The summed E-state index contributed by atoms with van der Waals surface area (Å²) in [5.41, 5.74) is 0. The molecule has 1 aromatic carbocycles. The Morgan fingerprint density at radius 3 is 1.62 bits per heavy atom. The van der Waals surface area contributed by atoms with E-state index in [4.69, 9.17) is 0 Å². The zero-order valence-electron chi connectivity index (χ0n) is 22.8. The average molecular weight is 564 g/mol. The van der Waals surface area contributed by atoms with E-state index in [9.17, 15) is 0 Å². The van der Waals surface area contributed by atoms with Gasteiger partial charge in [-0.3, -0.25) is 0 Å². The summed E-state index contributed by atoms with van der Waals surface area (Å²) in [4.78, 5) is 0. The van der Waals surface area contributed by atoms with Gasteiger partial charge in [-0.2, -0.15) is 0 Å². The molecule has 0 atom stereocenters. The molecule has 1 rings (SSSR count). The molecule has 0 fully saturated rings. The zero-order chi connectivity index (χ0) is 23.7. The van der Waals surface area contributed by atoms with Crippen LogP contribution in [0.25, 0.3) is 0 Å². The molecule has 0 unspecified atom stereocenters. The van der Waals surface area contributed by atoms with Crippen molar-refractivity contribution in [3.63, 3.8) is 0 Å². The molecule has 2 heteroatoms. The maximum absolute atomic E-state index is 3.11. The van der Waals surface area contributed by atoms with Crippen LogP contribution in [0, 0.1) is 0 Å². The molecule has 0 spiro atoms. The summed E-state index contributed by atoms with van der Waals surface area (Å²) in [5.74, 6) is 0. The minimum absolute atomic E-state index is 1.35. The second-order valence-electron chi connectivity index (χ2n) is 10.9. The van der Waals surface area contributed by atoms with Crippen LogP contribution in [-0.2, 0) is 0 Å². The number of allylic oxidation sites excluding steroid dienone is 1. The first kappa shape index (κ1) is 30.0. The van der Waals surface area contributed by atoms with E-state index in [1.165, 1.54) is 83.5 Å². The Morgan fingerprint density at radius 2 is 1.12 bits per heavy atom. The first-order valence-electron chi connectivity index (χ1n) is 14.2. The third-order valence-corrected chi connectivity index (χ3v) is 26.6. The quantitative estimate of drug-likeness (QED) is 0.116. The summed E-state index contributed by atoms with van der Waals surface area (Å²) in [6.07, 6.45) is 18.4. The fourth-order valence-corrected chi connectivity index (χ4v) is 27.9. The Morgan fingerprint density at radius 1 is 0.656 bits per heavy atom. The van der Waals surface area contributed by atoms with Gasteiger partial charge in [0.1, 0.15) is 0 Å². The van der Waals surface area contributed by atoms with Crippen LogP contribution in [0.1, 0.15) is 111 Å². The van der Waals surface area contributed by atoms with Crippen LogP contribution < -0.4 is 5.19 Å². The van der Waals surface area contributed by atoms with Crippen LogP contribution in [0.4, 0.5) is 0 Å². The molecular weight excluding hydrogens is 507 g/mol. The van der Waals surface area contributed by atoms with Gasteiger partial charge in [-0.25, -0.2) is 0 Å². The number of hydrogen-bond acceptors (Lipinski definition) is 0. The maximum atomic E-state index is 3.11. The molecule has 1 aromatic rings. The summed E-state index contributed by atoms with van der Waals surface area (Å²) in [7, 11) is -1.60. The van der Waals surface area contributed by atoms with E-state index in [0.717, 1.165) is 0 Å². The molecule has 32 heavy (non-hydrogen) atoms. The molecule has 0 nitrogen and oxygen atoms in total. The molecule has 0 aliphatic rings. The summed E-state index contributed by atoms with van der Waals surface area (Å²) in [6.45, 7) is 14.8. The van der Waals surface area contributed by atoms with Gasteiger partial charge in [-0.05, 0) is 0 Å². The van der Waals surface area contributed by atoms with Gasteiger partial charge in [0.25, 0.3) is 0 Å². The van der Waals surface area contributed by atoms with Gasteiger partial charge in [0, 0.05) is 0 Å². The van der Waals surface area contributed by atoms with Crippen molar-refractivity contribution in [2.75, 3.05) is 0 Å². The second kappa shape index (κ2) is 17.4. The van der Waals surface area contributed by atoms with Gasteiger partial charge in [0.2, 0.25) is 0 Å². The molecule has 0 heterocycles. The van der Waals surface area contributed by atoms with Crippen LogP contribution in [0.15, 0.2) is 39.6 Å². The normalized spacial score (nSPS) is 13.0. The molecule has 0 N–H and O–H groups in total. The van der Waals surface area contributed by atoms with Gasteiger partial charge in [-0.15, -0.1) is 0 Å². The van der Waals surface area contributed by atoms with E-state index >= 15 is 0 Å². The van der Waals surface area contributed by atoms with Crippen LogP contribution in [0.5, 0.6) is 0 Å². The van der Waals surface area contributed by atoms with Crippen LogP contribution >= 0.6 is 0 Å². The fraction of sp³-hybridized carbons (Fsp3) is 0.733. The third kappa shape index (κ3) is 10.9. The van der Waals surface area contributed by atoms with Crippen molar-refractivity contribution in [3.05, 3.63) is 39.6 Å². The van der Waals surface area contributed by atoms with Crippen LogP contribution in [0.2, 0.25) is 26.4 Å². The van der Waals surface area contributed by atoms with Gasteiger partial charge < -0.3 is 0 Å². The van der Waals surface area contributed by atoms with E-state index in [-0.39, 0.29) is 0 Å². The first-order valence-corrected chi connectivity index (χ1v) is 24.9.